The molecule has 0 saturated carbocycles. The molecule has 0 amide bonds. The van der Waals surface area contributed by atoms with Crippen LogP contribution in [0, 0.1) is 6.92 Å². The van der Waals surface area contributed by atoms with Crippen molar-refractivity contribution in [2.75, 3.05) is 26.2 Å². The van der Waals surface area contributed by atoms with Crippen LogP contribution in [0.4, 0.5) is 13.2 Å². The number of rotatable bonds is 3. The Hall–Kier alpha value is -1.92. The van der Waals surface area contributed by atoms with Gasteiger partial charge in [0.2, 0.25) is 0 Å². The van der Waals surface area contributed by atoms with Gasteiger partial charge >= 0.3 is 6.18 Å². The number of nitrogens with one attached hydrogen (secondary N) is 1. The van der Waals surface area contributed by atoms with E-state index in [-0.39, 0.29) is 6.04 Å². The van der Waals surface area contributed by atoms with E-state index in [1.165, 1.54) is 0 Å². The molecule has 24 heavy (non-hydrogen) atoms. The number of halogens is 3. The summed E-state index contributed by atoms with van der Waals surface area (Å²) < 4.78 is 38.5. The Morgan fingerprint density at radius 2 is 1.71 bits per heavy atom. The average molecular weight is 335 g/mol. The van der Waals surface area contributed by atoms with Crippen molar-refractivity contribution in [3.63, 3.8) is 0 Å². The maximum Gasteiger partial charge on any atom is 0.416 e. The predicted molar refractivity (Wildman–Crippen MR) is 86.7 cm³/mol. The van der Waals surface area contributed by atoms with Crippen molar-refractivity contribution >= 4 is 0 Å². The van der Waals surface area contributed by atoms with Gasteiger partial charge in [0.1, 0.15) is 0 Å². The van der Waals surface area contributed by atoms with Gasteiger partial charge in [-0.3, -0.25) is 9.88 Å². The number of benzene rings is 1. The van der Waals surface area contributed by atoms with Gasteiger partial charge in [0.05, 0.1) is 17.3 Å². The molecule has 1 N–H and O–H groups in total. The summed E-state index contributed by atoms with van der Waals surface area (Å²) in [7, 11) is 0. The maximum atomic E-state index is 12.8. The van der Waals surface area contributed by atoms with Crippen molar-refractivity contribution in [2.24, 2.45) is 0 Å². The standard InChI is InChI=1S/C18H20F3N3/c1-13-3-2-4-16(23-13)17(24-11-9-22-10-12-24)14-5-7-15(8-6-14)18(19,20)21/h2-8,17,22H,9-12H2,1H3. The first kappa shape index (κ1) is 16.9. The van der Waals surface area contributed by atoms with Crippen molar-refractivity contribution in [3.8, 4) is 0 Å². The normalized spacial score (nSPS) is 17.7. The van der Waals surface area contributed by atoms with Gasteiger partial charge in [-0.15, -0.1) is 0 Å². The summed E-state index contributed by atoms with van der Waals surface area (Å²) in [6, 6.07) is 11.1. The minimum atomic E-state index is -4.31. The quantitative estimate of drug-likeness (QED) is 0.932. The van der Waals surface area contributed by atoms with Crippen LogP contribution >= 0.6 is 0 Å². The highest BCUT2D eigenvalue weighted by molar-refractivity contribution is 5.32. The van der Waals surface area contributed by atoms with Crippen molar-refractivity contribution < 1.29 is 13.2 Å². The monoisotopic (exact) mass is 335 g/mol. The van der Waals surface area contributed by atoms with Crippen LogP contribution in [0.15, 0.2) is 42.5 Å². The molecule has 1 atom stereocenters. The third kappa shape index (κ3) is 3.76. The summed E-state index contributed by atoms with van der Waals surface area (Å²) in [5.74, 6) is 0. The molecular formula is C18H20F3N3. The van der Waals surface area contributed by atoms with E-state index in [0.29, 0.717) is 0 Å². The Morgan fingerprint density at radius 3 is 2.29 bits per heavy atom. The fourth-order valence-electron chi connectivity index (χ4n) is 3.08. The van der Waals surface area contributed by atoms with E-state index in [1.807, 2.05) is 25.1 Å². The van der Waals surface area contributed by atoms with Crippen molar-refractivity contribution in [1.82, 2.24) is 15.2 Å². The SMILES string of the molecule is Cc1cccc(C(c2ccc(C(F)(F)F)cc2)N2CCNCC2)n1. The van der Waals surface area contributed by atoms with E-state index in [0.717, 1.165) is 55.3 Å². The van der Waals surface area contributed by atoms with Crippen LogP contribution in [-0.4, -0.2) is 36.1 Å². The molecule has 1 aromatic carbocycles. The first-order chi connectivity index (χ1) is 11.4. The van der Waals surface area contributed by atoms with E-state index in [1.54, 1.807) is 12.1 Å². The molecule has 1 aliphatic rings. The molecule has 1 unspecified atom stereocenters. The minimum Gasteiger partial charge on any atom is -0.314 e. The number of hydrogen-bond acceptors (Lipinski definition) is 3. The van der Waals surface area contributed by atoms with Gasteiger partial charge < -0.3 is 5.32 Å². The molecule has 0 bridgehead atoms. The molecule has 1 aliphatic heterocycles. The number of pyridine rings is 1. The van der Waals surface area contributed by atoms with Gasteiger partial charge in [0, 0.05) is 31.9 Å². The third-order valence-corrected chi connectivity index (χ3v) is 4.26. The third-order valence-electron chi connectivity index (χ3n) is 4.26. The molecule has 1 fully saturated rings. The number of hydrogen-bond donors (Lipinski definition) is 1. The van der Waals surface area contributed by atoms with Crippen LogP contribution in [0.1, 0.15) is 28.6 Å². The molecule has 128 valence electrons. The Morgan fingerprint density at radius 1 is 1.04 bits per heavy atom. The van der Waals surface area contributed by atoms with Gasteiger partial charge in [-0.1, -0.05) is 18.2 Å². The van der Waals surface area contributed by atoms with Crippen LogP contribution < -0.4 is 5.32 Å². The van der Waals surface area contributed by atoms with Gasteiger partial charge in [0.25, 0.3) is 0 Å². The summed E-state index contributed by atoms with van der Waals surface area (Å²) in [6.07, 6.45) is -4.31. The van der Waals surface area contributed by atoms with E-state index in [9.17, 15) is 13.2 Å². The molecule has 0 radical (unpaired) electrons. The number of alkyl halides is 3. The highest BCUT2D eigenvalue weighted by atomic mass is 19.4. The fourth-order valence-corrected chi connectivity index (χ4v) is 3.08. The van der Waals surface area contributed by atoms with Crippen molar-refractivity contribution in [2.45, 2.75) is 19.1 Å². The molecule has 6 heteroatoms. The molecule has 3 rings (SSSR count). The lowest BCUT2D eigenvalue weighted by molar-refractivity contribution is -0.137. The largest absolute Gasteiger partial charge is 0.416 e. The van der Waals surface area contributed by atoms with E-state index in [2.05, 4.69) is 15.2 Å². The Bertz CT molecular complexity index is 677. The van der Waals surface area contributed by atoms with Gasteiger partial charge in [-0.2, -0.15) is 13.2 Å². The summed E-state index contributed by atoms with van der Waals surface area (Å²) in [5, 5.41) is 3.30. The van der Waals surface area contributed by atoms with Crippen LogP contribution in [0.3, 0.4) is 0 Å². The number of aryl methyl sites for hydroxylation is 1. The Balaban J connectivity index is 1.97. The van der Waals surface area contributed by atoms with Gasteiger partial charge in [-0.05, 0) is 36.8 Å². The summed E-state index contributed by atoms with van der Waals surface area (Å²) >= 11 is 0. The summed E-state index contributed by atoms with van der Waals surface area (Å²) in [5.41, 5.74) is 1.99. The zero-order valence-corrected chi connectivity index (χ0v) is 13.5. The first-order valence-electron chi connectivity index (χ1n) is 8.00. The second-order valence-electron chi connectivity index (χ2n) is 6.01. The maximum absolute atomic E-state index is 12.8. The molecule has 0 spiro atoms. The molecule has 2 aromatic rings. The molecule has 1 saturated heterocycles. The topological polar surface area (TPSA) is 28.2 Å². The molecule has 2 heterocycles. The average Bonchev–Trinajstić information content (AvgIpc) is 2.56. The second kappa shape index (κ2) is 6.91. The lowest BCUT2D eigenvalue weighted by atomic mass is 9.99. The minimum absolute atomic E-state index is 0.130. The first-order valence-corrected chi connectivity index (χ1v) is 8.00. The molecule has 0 aliphatic carbocycles. The van der Waals surface area contributed by atoms with Crippen LogP contribution in [0.5, 0.6) is 0 Å². The van der Waals surface area contributed by atoms with E-state index < -0.39 is 11.7 Å². The van der Waals surface area contributed by atoms with E-state index >= 15 is 0 Å². The van der Waals surface area contributed by atoms with Crippen molar-refractivity contribution in [3.05, 3.63) is 65.0 Å². The number of nitrogens with zero attached hydrogens (tertiary/aromatic N) is 2. The number of aromatic nitrogens is 1. The summed E-state index contributed by atoms with van der Waals surface area (Å²) in [6.45, 7) is 5.32. The fraction of sp³-hybridized carbons (Fsp3) is 0.389. The highest BCUT2D eigenvalue weighted by Crippen LogP contribution is 2.32. The zero-order chi connectivity index (χ0) is 17.2. The lowest BCUT2D eigenvalue weighted by Crippen LogP contribution is -2.45. The van der Waals surface area contributed by atoms with Crippen LogP contribution in [0.2, 0.25) is 0 Å². The van der Waals surface area contributed by atoms with E-state index in [4.69, 9.17) is 0 Å². The van der Waals surface area contributed by atoms with Gasteiger partial charge in [0.15, 0.2) is 0 Å². The Labute approximate surface area is 139 Å². The predicted octanol–water partition coefficient (Wildman–Crippen LogP) is 3.40. The van der Waals surface area contributed by atoms with Crippen LogP contribution in [-0.2, 0) is 6.18 Å². The number of piperazine rings is 1. The molecule has 1 aromatic heterocycles. The highest BCUT2D eigenvalue weighted by Gasteiger charge is 2.31. The van der Waals surface area contributed by atoms with Crippen molar-refractivity contribution in [1.29, 1.82) is 0 Å². The van der Waals surface area contributed by atoms with Gasteiger partial charge in [-0.25, -0.2) is 0 Å². The zero-order valence-electron chi connectivity index (χ0n) is 13.5. The smallest absolute Gasteiger partial charge is 0.314 e. The second-order valence-corrected chi connectivity index (χ2v) is 6.01. The molecule has 3 nitrogen and oxygen atoms in total. The summed E-state index contributed by atoms with van der Waals surface area (Å²) in [4.78, 5) is 6.88. The molecular weight excluding hydrogens is 315 g/mol. The lowest BCUT2D eigenvalue weighted by Gasteiger charge is -2.35. The Kier molecular flexibility index (Phi) is 4.87. The van der Waals surface area contributed by atoms with Crippen LogP contribution in [0.25, 0.3) is 0 Å².